The zero-order chi connectivity index (χ0) is 25.0. The lowest BCUT2D eigenvalue weighted by molar-refractivity contribution is 0.0533. The number of methoxy groups -OCH3 is 3. The molecular formula is C25H30N2O7. The molecule has 0 aliphatic heterocycles. The maximum Gasteiger partial charge on any atom is 0.419 e. The predicted octanol–water partition coefficient (Wildman–Crippen LogP) is 3.91. The highest BCUT2D eigenvalue weighted by Gasteiger charge is 2.25. The number of fused-ring (bicyclic) bond motifs is 1. The van der Waals surface area contributed by atoms with Gasteiger partial charge in [0.1, 0.15) is 11.3 Å². The molecule has 0 saturated carbocycles. The van der Waals surface area contributed by atoms with Gasteiger partial charge in [-0.25, -0.2) is 9.36 Å². The number of carbonyl (C=O) groups is 2. The second-order valence-corrected chi connectivity index (χ2v) is 8.59. The monoisotopic (exact) mass is 470 g/mol. The second-order valence-electron chi connectivity index (χ2n) is 8.59. The highest BCUT2D eigenvalue weighted by molar-refractivity contribution is 6.03. The van der Waals surface area contributed by atoms with Gasteiger partial charge in [-0.2, -0.15) is 0 Å². The molecule has 9 nitrogen and oxygen atoms in total. The predicted molar refractivity (Wildman–Crippen MR) is 127 cm³/mol. The van der Waals surface area contributed by atoms with E-state index in [-0.39, 0.29) is 12.2 Å². The Hall–Kier alpha value is -3.72. The maximum atomic E-state index is 13.1. The molecule has 1 amide bonds. The van der Waals surface area contributed by atoms with Crippen LogP contribution in [0.15, 0.2) is 42.5 Å². The topological polar surface area (TPSA) is 108 Å². The third-order valence-corrected chi connectivity index (χ3v) is 5.05. The number of nitrogens with zero attached hydrogens (tertiary/aromatic N) is 1. The molecule has 182 valence electrons. The van der Waals surface area contributed by atoms with Gasteiger partial charge in [0, 0.05) is 11.9 Å². The fourth-order valence-corrected chi connectivity index (χ4v) is 3.52. The van der Waals surface area contributed by atoms with Crippen LogP contribution < -0.4 is 19.5 Å². The molecule has 0 saturated heterocycles. The number of aromatic nitrogens is 1. The van der Waals surface area contributed by atoms with Crippen molar-refractivity contribution in [2.75, 3.05) is 27.9 Å². The molecule has 1 unspecified atom stereocenters. The minimum absolute atomic E-state index is 0.104. The number of benzene rings is 2. The highest BCUT2D eigenvalue weighted by Crippen LogP contribution is 2.39. The van der Waals surface area contributed by atoms with Crippen LogP contribution >= 0.6 is 0 Å². The number of amides is 1. The molecule has 34 heavy (non-hydrogen) atoms. The first-order valence-electron chi connectivity index (χ1n) is 10.7. The summed E-state index contributed by atoms with van der Waals surface area (Å²) in [6, 6.07) is 12.0. The van der Waals surface area contributed by atoms with Crippen molar-refractivity contribution in [3.8, 4) is 17.2 Å². The summed E-state index contributed by atoms with van der Waals surface area (Å²) in [5, 5.41) is 14.1. The molecule has 3 aromatic rings. The lowest BCUT2D eigenvalue weighted by Crippen LogP contribution is -2.33. The molecular weight excluding hydrogens is 440 g/mol. The molecule has 9 heteroatoms. The van der Waals surface area contributed by atoms with Crippen LogP contribution in [0.2, 0.25) is 0 Å². The molecule has 0 bridgehead atoms. The SMILES string of the molecule is COc1cc(C(O)CNC(=O)c2cc3ccccc3n2C(=O)OC(C)(C)C)cc(OC)c1OC. The number of aliphatic hydroxyl groups is 1. The number of para-hydroxylation sites is 1. The van der Waals surface area contributed by atoms with Gasteiger partial charge in [0.25, 0.3) is 5.91 Å². The van der Waals surface area contributed by atoms with Crippen molar-refractivity contribution in [2.24, 2.45) is 0 Å². The minimum Gasteiger partial charge on any atom is -0.493 e. The summed E-state index contributed by atoms with van der Waals surface area (Å²) in [5.74, 6) is 0.625. The van der Waals surface area contributed by atoms with Gasteiger partial charge in [0.15, 0.2) is 11.5 Å². The van der Waals surface area contributed by atoms with Crippen molar-refractivity contribution in [1.29, 1.82) is 0 Å². The van der Waals surface area contributed by atoms with E-state index in [1.807, 2.05) is 6.07 Å². The van der Waals surface area contributed by atoms with Gasteiger partial charge < -0.3 is 29.4 Å². The van der Waals surface area contributed by atoms with Crippen LogP contribution in [0.25, 0.3) is 10.9 Å². The first-order valence-corrected chi connectivity index (χ1v) is 10.7. The summed E-state index contributed by atoms with van der Waals surface area (Å²) in [5.41, 5.74) is 0.376. The maximum absolute atomic E-state index is 13.1. The lowest BCUT2D eigenvalue weighted by Gasteiger charge is -2.21. The highest BCUT2D eigenvalue weighted by atomic mass is 16.6. The third kappa shape index (κ3) is 5.26. The summed E-state index contributed by atoms with van der Waals surface area (Å²) >= 11 is 0. The molecule has 0 radical (unpaired) electrons. The second kappa shape index (κ2) is 10.0. The summed E-state index contributed by atoms with van der Waals surface area (Å²) in [4.78, 5) is 26.0. The van der Waals surface area contributed by atoms with Crippen molar-refractivity contribution < 1.29 is 33.6 Å². The Bertz CT molecular complexity index is 1170. The smallest absolute Gasteiger partial charge is 0.419 e. The number of nitrogens with one attached hydrogen (secondary N) is 1. The number of aliphatic hydroxyl groups excluding tert-OH is 1. The largest absolute Gasteiger partial charge is 0.493 e. The summed E-state index contributed by atoms with van der Waals surface area (Å²) in [6.07, 6.45) is -1.74. The molecule has 1 aromatic heterocycles. The van der Waals surface area contributed by atoms with Crippen LogP contribution in [-0.2, 0) is 4.74 Å². The van der Waals surface area contributed by atoms with Crippen molar-refractivity contribution in [1.82, 2.24) is 9.88 Å². The van der Waals surface area contributed by atoms with E-state index in [2.05, 4.69) is 5.32 Å². The first kappa shape index (κ1) is 24.9. The van der Waals surface area contributed by atoms with Crippen LogP contribution in [0.4, 0.5) is 4.79 Å². The van der Waals surface area contributed by atoms with Crippen LogP contribution in [0.5, 0.6) is 17.2 Å². The fourth-order valence-electron chi connectivity index (χ4n) is 3.52. The number of hydrogen-bond acceptors (Lipinski definition) is 7. The Kier molecular flexibility index (Phi) is 7.36. The van der Waals surface area contributed by atoms with Crippen molar-refractivity contribution >= 4 is 22.9 Å². The number of hydrogen-bond donors (Lipinski definition) is 2. The van der Waals surface area contributed by atoms with E-state index in [1.165, 1.54) is 25.9 Å². The van der Waals surface area contributed by atoms with Crippen molar-refractivity contribution in [3.05, 3.63) is 53.7 Å². The van der Waals surface area contributed by atoms with Gasteiger partial charge in [0.05, 0.1) is 33.0 Å². The Morgan fingerprint density at radius 1 is 1.00 bits per heavy atom. The fraction of sp³-hybridized carbons (Fsp3) is 0.360. The zero-order valence-corrected chi connectivity index (χ0v) is 20.2. The normalized spacial score (nSPS) is 12.2. The van der Waals surface area contributed by atoms with Gasteiger partial charge in [-0.1, -0.05) is 18.2 Å². The minimum atomic E-state index is -1.07. The zero-order valence-electron chi connectivity index (χ0n) is 20.2. The van der Waals surface area contributed by atoms with Gasteiger partial charge in [-0.3, -0.25) is 4.79 Å². The van der Waals surface area contributed by atoms with Crippen molar-refractivity contribution in [3.63, 3.8) is 0 Å². The summed E-state index contributed by atoms with van der Waals surface area (Å²) < 4.78 is 22.7. The Labute approximate surface area is 198 Å². The van der Waals surface area contributed by atoms with E-state index >= 15 is 0 Å². The number of ether oxygens (including phenoxy) is 4. The molecule has 1 heterocycles. The van der Waals surface area contributed by atoms with E-state index < -0.39 is 23.7 Å². The molecule has 3 rings (SSSR count). The summed E-state index contributed by atoms with van der Waals surface area (Å²) in [6.45, 7) is 5.14. The molecule has 0 fully saturated rings. The molecule has 1 atom stereocenters. The third-order valence-electron chi connectivity index (χ3n) is 5.05. The van der Waals surface area contributed by atoms with Gasteiger partial charge in [0.2, 0.25) is 5.75 Å². The molecule has 2 aromatic carbocycles. The quantitative estimate of drug-likeness (QED) is 0.539. The molecule has 2 N–H and O–H groups in total. The van der Waals surface area contributed by atoms with Crippen LogP contribution in [0.3, 0.4) is 0 Å². The standard InChI is InChI=1S/C25H30N2O7/c1-25(2,3)34-24(30)27-17-10-8-7-9-15(17)11-18(27)23(29)26-14-19(28)16-12-20(31-4)22(33-6)21(13-16)32-5/h7-13,19,28H,14H2,1-6H3,(H,26,29). The first-order chi connectivity index (χ1) is 16.1. The average Bonchev–Trinajstić information content (AvgIpc) is 3.20. The molecule has 0 aliphatic carbocycles. The average molecular weight is 471 g/mol. The Morgan fingerprint density at radius 3 is 2.18 bits per heavy atom. The van der Waals surface area contributed by atoms with Crippen LogP contribution in [-0.4, -0.2) is 55.1 Å². The van der Waals surface area contributed by atoms with Crippen molar-refractivity contribution in [2.45, 2.75) is 32.5 Å². The van der Waals surface area contributed by atoms with Crippen LogP contribution in [0.1, 0.15) is 42.9 Å². The van der Waals surface area contributed by atoms with Gasteiger partial charge >= 0.3 is 6.09 Å². The van der Waals surface area contributed by atoms with E-state index in [0.717, 1.165) is 0 Å². The Balaban J connectivity index is 1.86. The molecule has 0 spiro atoms. The van der Waals surface area contributed by atoms with Crippen LogP contribution in [0, 0.1) is 0 Å². The number of rotatable bonds is 7. The molecule has 0 aliphatic rings. The van der Waals surface area contributed by atoms with Gasteiger partial charge in [-0.05, 0) is 50.6 Å². The Morgan fingerprint density at radius 2 is 1.62 bits per heavy atom. The van der Waals surface area contributed by atoms with E-state index in [0.29, 0.717) is 33.7 Å². The number of carbonyl (C=O) groups excluding carboxylic acids is 2. The van der Waals surface area contributed by atoms with E-state index in [9.17, 15) is 14.7 Å². The van der Waals surface area contributed by atoms with E-state index in [1.54, 1.807) is 57.2 Å². The lowest BCUT2D eigenvalue weighted by atomic mass is 10.1. The van der Waals surface area contributed by atoms with E-state index in [4.69, 9.17) is 18.9 Å². The summed E-state index contributed by atoms with van der Waals surface area (Å²) in [7, 11) is 4.44. The van der Waals surface area contributed by atoms with Gasteiger partial charge in [-0.15, -0.1) is 0 Å².